The van der Waals surface area contributed by atoms with E-state index in [1.165, 1.54) is 0 Å². The standard InChI is InChI=1S/C21H32N4O3/c1-28-17-21(7-9-22-10-8-21)20(27)25-13-11-24(12-14-25)16-19(26)23-15-18-5-3-2-4-6-18/h2-6,22H,7-17H2,1H3,(H,23,26). The van der Waals surface area contributed by atoms with Crippen LogP contribution in [0, 0.1) is 5.41 Å². The second-order valence-electron chi connectivity index (χ2n) is 7.79. The summed E-state index contributed by atoms with van der Waals surface area (Å²) in [7, 11) is 1.67. The summed E-state index contributed by atoms with van der Waals surface area (Å²) in [6.07, 6.45) is 1.64. The van der Waals surface area contributed by atoms with Crippen LogP contribution in [0.1, 0.15) is 18.4 Å². The summed E-state index contributed by atoms with van der Waals surface area (Å²) in [5.41, 5.74) is 0.701. The van der Waals surface area contributed by atoms with Crippen LogP contribution in [-0.2, 0) is 20.9 Å². The zero-order valence-corrected chi connectivity index (χ0v) is 16.8. The molecule has 154 valence electrons. The zero-order chi connectivity index (χ0) is 19.8. The van der Waals surface area contributed by atoms with Crippen molar-refractivity contribution in [1.29, 1.82) is 0 Å². The normalized spacial score (nSPS) is 20.0. The number of carbonyl (C=O) groups is 2. The summed E-state index contributed by atoms with van der Waals surface area (Å²) in [5, 5.41) is 6.30. The van der Waals surface area contributed by atoms with Crippen molar-refractivity contribution >= 4 is 11.8 Å². The fourth-order valence-electron chi connectivity index (χ4n) is 4.10. The maximum Gasteiger partial charge on any atom is 0.234 e. The van der Waals surface area contributed by atoms with E-state index in [0.29, 0.717) is 32.8 Å². The van der Waals surface area contributed by atoms with E-state index in [2.05, 4.69) is 15.5 Å². The first-order valence-electron chi connectivity index (χ1n) is 10.1. The van der Waals surface area contributed by atoms with Crippen molar-refractivity contribution in [2.24, 2.45) is 5.41 Å². The van der Waals surface area contributed by atoms with Crippen molar-refractivity contribution in [1.82, 2.24) is 20.4 Å². The molecule has 2 heterocycles. The average molecular weight is 389 g/mol. The molecule has 2 fully saturated rings. The number of benzene rings is 1. The van der Waals surface area contributed by atoms with Gasteiger partial charge in [-0.3, -0.25) is 14.5 Å². The minimum absolute atomic E-state index is 0.0258. The first-order valence-corrected chi connectivity index (χ1v) is 10.1. The van der Waals surface area contributed by atoms with E-state index in [1.807, 2.05) is 35.2 Å². The van der Waals surface area contributed by atoms with Crippen molar-refractivity contribution in [2.75, 3.05) is 59.5 Å². The van der Waals surface area contributed by atoms with Gasteiger partial charge in [0.25, 0.3) is 0 Å². The van der Waals surface area contributed by atoms with Gasteiger partial charge in [-0.2, -0.15) is 0 Å². The topological polar surface area (TPSA) is 73.9 Å². The Bertz CT molecular complexity index is 633. The van der Waals surface area contributed by atoms with Crippen molar-refractivity contribution < 1.29 is 14.3 Å². The highest BCUT2D eigenvalue weighted by molar-refractivity contribution is 5.83. The van der Waals surface area contributed by atoms with Gasteiger partial charge in [-0.25, -0.2) is 0 Å². The Balaban J connectivity index is 1.44. The van der Waals surface area contributed by atoms with Gasteiger partial charge in [-0.15, -0.1) is 0 Å². The smallest absolute Gasteiger partial charge is 0.234 e. The lowest BCUT2D eigenvalue weighted by molar-refractivity contribution is -0.149. The molecule has 0 saturated carbocycles. The maximum atomic E-state index is 13.2. The number of carbonyl (C=O) groups excluding carboxylic acids is 2. The molecule has 2 saturated heterocycles. The molecule has 0 spiro atoms. The van der Waals surface area contributed by atoms with Gasteiger partial charge in [-0.1, -0.05) is 30.3 Å². The molecule has 2 N–H and O–H groups in total. The van der Waals surface area contributed by atoms with E-state index in [-0.39, 0.29) is 11.8 Å². The van der Waals surface area contributed by atoms with Crippen LogP contribution in [-0.4, -0.2) is 81.1 Å². The van der Waals surface area contributed by atoms with Gasteiger partial charge in [-0.05, 0) is 31.5 Å². The number of nitrogens with one attached hydrogen (secondary N) is 2. The Morgan fingerprint density at radius 2 is 1.79 bits per heavy atom. The third kappa shape index (κ3) is 5.31. The largest absolute Gasteiger partial charge is 0.384 e. The van der Waals surface area contributed by atoms with Crippen molar-refractivity contribution in [3.05, 3.63) is 35.9 Å². The van der Waals surface area contributed by atoms with Crippen LogP contribution in [0.25, 0.3) is 0 Å². The summed E-state index contributed by atoms with van der Waals surface area (Å²) in [5.74, 6) is 0.238. The summed E-state index contributed by atoms with van der Waals surface area (Å²) in [4.78, 5) is 29.5. The monoisotopic (exact) mass is 388 g/mol. The van der Waals surface area contributed by atoms with Gasteiger partial charge in [0.1, 0.15) is 0 Å². The van der Waals surface area contributed by atoms with Crippen molar-refractivity contribution in [3.8, 4) is 0 Å². The molecular weight excluding hydrogens is 356 g/mol. The number of rotatable bonds is 7. The number of hydrogen-bond donors (Lipinski definition) is 2. The van der Waals surface area contributed by atoms with Crippen LogP contribution in [0.15, 0.2) is 30.3 Å². The zero-order valence-electron chi connectivity index (χ0n) is 16.8. The predicted octanol–water partition coefficient (Wildman–Crippen LogP) is 0.463. The van der Waals surface area contributed by atoms with Crippen molar-refractivity contribution in [3.63, 3.8) is 0 Å². The lowest BCUT2D eigenvalue weighted by Crippen LogP contribution is -2.57. The summed E-state index contributed by atoms with van der Waals surface area (Å²) >= 11 is 0. The number of piperazine rings is 1. The molecule has 3 rings (SSSR count). The summed E-state index contributed by atoms with van der Waals surface area (Å²) < 4.78 is 5.40. The van der Waals surface area contributed by atoms with Gasteiger partial charge in [0.2, 0.25) is 11.8 Å². The minimum Gasteiger partial charge on any atom is -0.384 e. The maximum absolute atomic E-state index is 13.2. The van der Waals surface area contributed by atoms with E-state index in [0.717, 1.165) is 44.6 Å². The molecule has 0 aliphatic carbocycles. The quantitative estimate of drug-likeness (QED) is 0.710. The molecule has 28 heavy (non-hydrogen) atoms. The van der Waals surface area contributed by atoms with E-state index in [9.17, 15) is 9.59 Å². The number of nitrogens with zero attached hydrogens (tertiary/aromatic N) is 2. The molecular formula is C21H32N4O3. The highest BCUT2D eigenvalue weighted by atomic mass is 16.5. The van der Waals surface area contributed by atoms with Crippen LogP contribution in [0.2, 0.25) is 0 Å². The van der Waals surface area contributed by atoms with Crippen LogP contribution in [0.3, 0.4) is 0 Å². The van der Waals surface area contributed by atoms with E-state index < -0.39 is 5.41 Å². The summed E-state index contributed by atoms with van der Waals surface area (Å²) in [6, 6.07) is 9.90. The third-order valence-corrected chi connectivity index (χ3v) is 5.79. The van der Waals surface area contributed by atoms with Gasteiger partial charge in [0.15, 0.2) is 0 Å². The molecule has 0 aromatic heterocycles. The molecule has 7 heteroatoms. The van der Waals surface area contributed by atoms with Crippen LogP contribution in [0.4, 0.5) is 0 Å². The van der Waals surface area contributed by atoms with Crippen LogP contribution >= 0.6 is 0 Å². The van der Waals surface area contributed by atoms with Gasteiger partial charge in [0, 0.05) is 39.8 Å². The van der Waals surface area contributed by atoms with Gasteiger partial charge in [0.05, 0.1) is 18.6 Å². The fraction of sp³-hybridized carbons (Fsp3) is 0.619. The second kappa shape index (κ2) is 10.0. The highest BCUT2D eigenvalue weighted by Gasteiger charge is 2.42. The van der Waals surface area contributed by atoms with E-state index in [4.69, 9.17) is 4.74 Å². The molecule has 1 aromatic carbocycles. The molecule has 0 radical (unpaired) electrons. The Kier molecular flexibility index (Phi) is 7.42. The van der Waals surface area contributed by atoms with E-state index in [1.54, 1.807) is 7.11 Å². The van der Waals surface area contributed by atoms with Gasteiger partial charge < -0.3 is 20.3 Å². The predicted molar refractivity (Wildman–Crippen MR) is 108 cm³/mol. The average Bonchev–Trinajstić information content (AvgIpc) is 2.74. The minimum atomic E-state index is -0.394. The molecule has 0 unspecified atom stereocenters. The van der Waals surface area contributed by atoms with Crippen LogP contribution in [0.5, 0.6) is 0 Å². The Morgan fingerprint density at radius 1 is 1.11 bits per heavy atom. The SMILES string of the molecule is COCC1(C(=O)N2CCN(CC(=O)NCc3ccccc3)CC2)CCNCC1. The van der Waals surface area contributed by atoms with Gasteiger partial charge >= 0.3 is 0 Å². The molecule has 7 nitrogen and oxygen atoms in total. The molecule has 0 bridgehead atoms. The Morgan fingerprint density at radius 3 is 2.43 bits per heavy atom. The fourth-order valence-corrected chi connectivity index (χ4v) is 4.10. The number of ether oxygens (including phenoxy) is 1. The van der Waals surface area contributed by atoms with Crippen molar-refractivity contribution in [2.45, 2.75) is 19.4 Å². The van der Waals surface area contributed by atoms with Crippen LogP contribution < -0.4 is 10.6 Å². The Labute approximate surface area is 167 Å². The number of piperidine rings is 1. The third-order valence-electron chi connectivity index (χ3n) is 5.79. The first kappa shape index (κ1) is 20.8. The lowest BCUT2D eigenvalue weighted by atomic mass is 9.78. The number of amides is 2. The molecule has 0 atom stereocenters. The highest BCUT2D eigenvalue weighted by Crippen LogP contribution is 2.32. The molecule has 2 aliphatic heterocycles. The lowest BCUT2D eigenvalue weighted by Gasteiger charge is -2.42. The second-order valence-corrected chi connectivity index (χ2v) is 7.79. The number of methoxy groups -OCH3 is 1. The molecule has 1 aromatic rings. The number of hydrogen-bond acceptors (Lipinski definition) is 5. The molecule has 2 amide bonds. The molecule has 2 aliphatic rings. The van der Waals surface area contributed by atoms with E-state index >= 15 is 0 Å². The first-order chi connectivity index (χ1) is 13.6. The Hall–Kier alpha value is -1.96. The summed E-state index contributed by atoms with van der Waals surface area (Å²) in [6.45, 7) is 5.92.